The lowest BCUT2D eigenvalue weighted by molar-refractivity contribution is 0.405. The maximum atomic E-state index is 5.76. The van der Waals surface area contributed by atoms with Crippen LogP contribution >= 0.6 is 34.3 Å². The van der Waals surface area contributed by atoms with Crippen LogP contribution in [0.3, 0.4) is 0 Å². The Labute approximate surface area is 249 Å². The van der Waals surface area contributed by atoms with E-state index in [9.17, 15) is 0 Å². The van der Waals surface area contributed by atoms with Crippen molar-refractivity contribution < 1.29 is 18.9 Å². The fraction of sp³-hybridized carbons (Fsp3) is 0.143. The monoisotopic (exact) mass is 610 g/mol. The second-order valence-electron chi connectivity index (χ2n) is 7.96. The van der Waals surface area contributed by atoms with Crippen LogP contribution in [0.25, 0.3) is 20.4 Å². The molecular weight excluding hydrogens is 584 g/mol. The molecule has 6 rings (SSSR count). The molecule has 0 saturated heterocycles. The van der Waals surface area contributed by atoms with Crippen LogP contribution in [0.15, 0.2) is 71.9 Å². The molecule has 13 heteroatoms. The molecule has 0 unspecified atom stereocenters. The predicted octanol–water partition coefficient (Wildman–Crippen LogP) is 7.08. The van der Waals surface area contributed by atoms with Gasteiger partial charge in [0, 0.05) is 12.1 Å². The van der Waals surface area contributed by atoms with Crippen LogP contribution in [0, 0.1) is 0 Å². The number of halogens is 1. The van der Waals surface area contributed by atoms with Crippen molar-refractivity contribution in [2.24, 2.45) is 0 Å². The summed E-state index contributed by atoms with van der Waals surface area (Å²) in [7, 11) is 6.45. The average Bonchev–Trinajstić information content (AvgIpc) is 3.69. The first-order chi connectivity index (χ1) is 20.0. The molecule has 2 aromatic carbocycles. The Hall–Kier alpha value is -4.39. The zero-order valence-electron chi connectivity index (χ0n) is 22.6. The Kier molecular flexibility index (Phi) is 10.3. The number of nitrogens with zero attached hydrogens (tertiary/aromatic N) is 4. The Balaban J connectivity index is 0.000000156. The van der Waals surface area contributed by atoms with Gasteiger partial charge in [0.2, 0.25) is 0 Å². The van der Waals surface area contributed by atoms with Crippen molar-refractivity contribution in [1.82, 2.24) is 19.9 Å². The number of benzene rings is 2. The standard InChI is InChI=1S/C14H13N3O2S.C8H11NO2.C6H3ClN2S/c1-18-9-3-4-12(19-2)11(7-9)17-14-13-10(5-6-20-13)15-8-16-14;1-10-6-3-4-8(11-2)7(9)5-6;7-6-5-4(1-2-10-5)8-3-9-6/h3-8H,1-2H3,(H,15,16,17);3-5H,9H2,1-2H3;1-3H. The Morgan fingerprint density at radius 1 is 0.683 bits per heavy atom. The predicted molar refractivity (Wildman–Crippen MR) is 167 cm³/mol. The molecule has 0 atom stereocenters. The van der Waals surface area contributed by atoms with Gasteiger partial charge in [0.15, 0.2) is 5.82 Å². The van der Waals surface area contributed by atoms with Crippen LogP contribution in [0.5, 0.6) is 23.0 Å². The highest BCUT2D eigenvalue weighted by atomic mass is 35.5. The fourth-order valence-electron chi connectivity index (χ4n) is 3.52. The Bertz CT molecular complexity index is 1730. The van der Waals surface area contributed by atoms with E-state index in [1.807, 2.05) is 41.1 Å². The molecule has 0 spiro atoms. The lowest BCUT2D eigenvalue weighted by Gasteiger charge is -2.12. The van der Waals surface area contributed by atoms with E-state index in [2.05, 4.69) is 25.3 Å². The number of ether oxygens (including phenoxy) is 4. The second kappa shape index (κ2) is 14.3. The molecule has 10 nitrogen and oxygen atoms in total. The quantitative estimate of drug-likeness (QED) is 0.149. The molecule has 4 aromatic heterocycles. The van der Waals surface area contributed by atoms with Gasteiger partial charge >= 0.3 is 0 Å². The molecule has 0 aliphatic heterocycles. The van der Waals surface area contributed by atoms with Gasteiger partial charge in [0.1, 0.15) is 40.8 Å². The lowest BCUT2D eigenvalue weighted by Crippen LogP contribution is -1.98. The zero-order valence-corrected chi connectivity index (χ0v) is 25.0. The Morgan fingerprint density at radius 2 is 1.27 bits per heavy atom. The van der Waals surface area contributed by atoms with E-state index in [1.165, 1.54) is 6.33 Å². The number of methoxy groups -OCH3 is 4. The molecule has 0 bridgehead atoms. The van der Waals surface area contributed by atoms with Crippen LogP contribution in [-0.4, -0.2) is 48.4 Å². The summed E-state index contributed by atoms with van der Waals surface area (Å²) < 4.78 is 22.5. The minimum absolute atomic E-state index is 0.542. The van der Waals surface area contributed by atoms with Crippen molar-refractivity contribution in [2.75, 3.05) is 39.5 Å². The van der Waals surface area contributed by atoms with E-state index in [1.54, 1.807) is 75.6 Å². The molecule has 4 heterocycles. The fourth-order valence-corrected chi connectivity index (χ4v) is 5.30. The Morgan fingerprint density at radius 3 is 1.88 bits per heavy atom. The van der Waals surface area contributed by atoms with Crippen molar-refractivity contribution in [3.8, 4) is 23.0 Å². The highest BCUT2D eigenvalue weighted by molar-refractivity contribution is 7.18. The number of fused-ring (bicyclic) bond motifs is 2. The summed E-state index contributed by atoms with van der Waals surface area (Å²) in [6.45, 7) is 0. The van der Waals surface area contributed by atoms with Crippen molar-refractivity contribution in [3.05, 3.63) is 77.1 Å². The molecule has 0 aliphatic rings. The molecule has 41 heavy (non-hydrogen) atoms. The summed E-state index contributed by atoms with van der Waals surface area (Å²) in [4.78, 5) is 16.4. The van der Waals surface area contributed by atoms with E-state index in [-0.39, 0.29) is 0 Å². The third-order valence-electron chi connectivity index (χ3n) is 5.54. The average molecular weight is 611 g/mol. The maximum Gasteiger partial charge on any atom is 0.151 e. The number of thiophene rings is 2. The van der Waals surface area contributed by atoms with Gasteiger partial charge in [0.25, 0.3) is 0 Å². The highest BCUT2D eigenvalue weighted by Gasteiger charge is 2.10. The number of anilines is 3. The van der Waals surface area contributed by atoms with Gasteiger partial charge in [-0.1, -0.05) is 11.6 Å². The topological polar surface area (TPSA) is 127 Å². The van der Waals surface area contributed by atoms with Crippen LogP contribution in [0.2, 0.25) is 5.15 Å². The van der Waals surface area contributed by atoms with Crippen LogP contribution < -0.4 is 30.0 Å². The van der Waals surface area contributed by atoms with Crippen molar-refractivity contribution in [3.63, 3.8) is 0 Å². The number of hydrogen-bond donors (Lipinski definition) is 2. The normalized spacial score (nSPS) is 10.2. The minimum atomic E-state index is 0.542. The third kappa shape index (κ3) is 7.42. The molecule has 0 radical (unpaired) electrons. The summed E-state index contributed by atoms with van der Waals surface area (Å²) in [5.41, 5.74) is 8.84. The van der Waals surface area contributed by atoms with Crippen LogP contribution in [-0.2, 0) is 0 Å². The molecule has 212 valence electrons. The number of nitrogens with one attached hydrogen (secondary N) is 1. The summed E-state index contributed by atoms with van der Waals surface area (Å²) in [5, 5.41) is 7.77. The van der Waals surface area contributed by atoms with Gasteiger partial charge in [-0.2, -0.15) is 0 Å². The molecule has 0 aliphatic carbocycles. The molecule has 0 amide bonds. The van der Waals surface area contributed by atoms with Crippen molar-refractivity contribution in [1.29, 1.82) is 0 Å². The van der Waals surface area contributed by atoms with Gasteiger partial charge in [-0.15, -0.1) is 22.7 Å². The summed E-state index contributed by atoms with van der Waals surface area (Å²) in [6.07, 6.45) is 3.02. The van der Waals surface area contributed by atoms with E-state index < -0.39 is 0 Å². The SMILES string of the molecule is COc1ccc(OC)c(N)c1.COc1ccc(OC)c(Nc2ncnc3ccsc23)c1.Clc1ncnc2ccsc12. The molecule has 0 saturated carbocycles. The van der Waals surface area contributed by atoms with E-state index in [0.717, 1.165) is 49.2 Å². The number of nitrogens with two attached hydrogens (primary N) is 1. The second-order valence-corrected chi connectivity index (χ2v) is 10.1. The number of rotatable bonds is 6. The molecule has 6 aromatic rings. The van der Waals surface area contributed by atoms with Crippen molar-refractivity contribution in [2.45, 2.75) is 0 Å². The number of nitrogen functional groups attached to an aromatic ring is 1. The molecule has 3 N–H and O–H groups in total. The first-order valence-electron chi connectivity index (χ1n) is 12.0. The first kappa shape index (κ1) is 29.6. The third-order valence-corrected chi connectivity index (χ3v) is 7.76. The van der Waals surface area contributed by atoms with E-state index >= 15 is 0 Å². The number of hydrogen-bond acceptors (Lipinski definition) is 12. The lowest BCUT2D eigenvalue weighted by atomic mass is 10.2. The van der Waals surface area contributed by atoms with Gasteiger partial charge in [-0.25, -0.2) is 19.9 Å². The maximum absolute atomic E-state index is 5.76. The smallest absolute Gasteiger partial charge is 0.151 e. The molecular formula is C28H27ClN6O4S2. The summed E-state index contributed by atoms with van der Waals surface area (Å²) >= 11 is 8.91. The molecule has 0 fully saturated rings. The zero-order chi connectivity index (χ0) is 29.2. The van der Waals surface area contributed by atoms with Crippen LogP contribution in [0.4, 0.5) is 17.2 Å². The largest absolute Gasteiger partial charge is 0.497 e. The first-order valence-corrected chi connectivity index (χ1v) is 14.1. The highest BCUT2D eigenvalue weighted by Crippen LogP contribution is 2.34. The van der Waals surface area contributed by atoms with E-state index in [4.69, 9.17) is 36.3 Å². The van der Waals surface area contributed by atoms with Gasteiger partial charge in [-0.05, 0) is 47.2 Å². The van der Waals surface area contributed by atoms with E-state index in [0.29, 0.717) is 16.6 Å². The van der Waals surface area contributed by atoms with Gasteiger partial charge < -0.3 is 30.0 Å². The summed E-state index contributed by atoms with van der Waals surface area (Å²) in [5.74, 6) is 3.66. The van der Waals surface area contributed by atoms with Gasteiger partial charge in [0.05, 0.1) is 60.2 Å². The number of aromatic nitrogens is 4. The van der Waals surface area contributed by atoms with Crippen molar-refractivity contribution >= 4 is 71.9 Å². The van der Waals surface area contributed by atoms with Gasteiger partial charge in [-0.3, -0.25) is 0 Å². The summed E-state index contributed by atoms with van der Waals surface area (Å²) in [6, 6.07) is 14.8. The van der Waals surface area contributed by atoms with Crippen LogP contribution in [0.1, 0.15) is 0 Å². The minimum Gasteiger partial charge on any atom is -0.497 e.